The number of anilines is 1. The monoisotopic (exact) mass is 366 g/mol. The summed E-state index contributed by atoms with van der Waals surface area (Å²) in [6.45, 7) is 0.483. The molecule has 1 aromatic heterocycles. The van der Waals surface area contributed by atoms with Gasteiger partial charge < -0.3 is 18.8 Å². The number of oxazole rings is 1. The number of amides is 1. The molecule has 1 unspecified atom stereocenters. The van der Waals surface area contributed by atoms with Crippen molar-refractivity contribution in [1.29, 1.82) is 0 Å². The summed E-state index contributed by atoms with van der Waals surface area (Å²) in [6.07, 6.45) is 0.153. The van der Waals surface area contributed by atoms with Gasteiger partial charge in [-0.05, 0) is 24.3 Å². The molecule has 1 aliphatic heterocycles. The third-order valence-corrected chi connectivity index (χ3v) is 4.49. The lowest BCUT2D eigenvalue weighted by atomic mass is 10.1. The van der Waals surface area contributed by atoms with Crippen molar-refractivity contribution in [3.63, 3.8) is 0 Å². The Bertz CT molecular complexity index is 964. The van der Waals surface area contributed by atoms with Crippen LogP contribution >= 0.6 is 0 Å². The standard InChI is InChI=1S/C20H18N2O5/c1-25-20(24)13-9-19(23)22(11-13)14-5-4-6-15(10-14)26-12-18-21-16-7-2-3-8-17(16)27-18/h2-8,10,13H,9,11-12H2,1H3. The van der Waals surface area contributed by atoms with Gasteiger partial charge in [0.25, 0.3) is 0 Å². The van der Waals surface area contributed by atoms with E-state index in [1.807, 2.05) is 30.3 Å². The molecular weight excluding hydrogens is 348 g/mol. The van der Waals surface area contributed by atoms with E-state index in [0.29, 0.717) is 29.5 Å². The highest BCUT2D eigenvalue weighted by atomic mass is 16.5. The number of esters is 1. The first-order valence-corrected chi connectivity index (χ1v) is 8.59. The van der Waals surface area contributed by atoms with Crippen molar-refractivity contribution in [3.8, 4) is 5.75 Å². The van der Waals surface area contributed by atoms with E-state index < -0.39 is 5.92 Å². The Morgan fingerprint density at radius 1 is 1.26 bits per heavy atom. The van der Waals surface area contributed by atoms with Gasteiger partial charge in [-0.1, -0.05) is 18.2 Å². The highest BCUT2D eigenvalue weighted by Gasteiger charge is 2.35. The molecule has 1 atom stereocenters. The van der Waals surface area contributed by atoms with Crippen LogP contribution in [0.4, 0.5) is 5.69 Å². The van der Waals surface area contributed by atoms with Crippen molar-refractivity contribution in [3.05, 3.63) is 54.4 Å². The Balaban J connectivity index is 1.46. The predicted molar refractivity (Wildman–Crippen MR) is 97.3 cm³/mol. The zero-order valence-corrected chi connectivity index (χ0v) is 14.8. The number of rotatable bonds is 5. The average molecular weight is 366 g/mol. The quantitative estimate of drug-likeness (QED) is 0.646. The number of carbonyl (C=O) groups excluding carboxylic acids is 2. The van der Waals surface area contributed by atoms with Crippen molar-refractivity contribution in [2.75, 3.05) is 18.6 Å². The Kier molecular flexibility index (Phi) is 4.50. The zero-order chi connectivity index (χ0) is 18.8. The lowest BCUT2D eigenvalue weighted by Crippen LogP contribution is -2.26. The Morgan fingerprint density at radius 2 is 2.11 bits per heavy atom. The number of fused-ring (bicyclic) bond motifs is 1. The topological polar surface area (TPSA) is 81.9 Å². The van der Waals surface area contributed by atoms with Gasteiger partial charge in [0.2, 0.25) is 11.8 Å². The molecular formula is C20H18N2O5. The molecule has 0 bridgehead atoms. The van der Waals surface area contributed by atoms with Gasteiger partial charge in [0.15, 0.2) is 12.2 Å². The number of nitrogens with zero attached hydrogens (tertiary/aromatic N) is 2. The molecule has 1 saturated heterocycles. The van der Waals surface area contributed by atoms with E-state index >= 15 is 0 Å². The van der Waals surface area contributed by atoms with Crippen LogP contribution in [0.25, 0.3) is 11.1 Å². The molecule has 27 heavy (non-hydrogen) atoms. The summed E-state index contributed by atoms with van der Waals surface area (Å²) in [5, 5.41) is 0. The molecule has 138 valence electrons. The molecule has 2 heterocycles. The molecule has 3 aromatic rings. The molecule has 4 rings (SSSR count). The molecule has 0 N–H and O–H groups in total. The molecule has 2 aromatic carbocycles. The van der Waals surface area contributed by atoms with Crippen LogP contribution in [0.1, 0.15) is 12.3 Å². The van der Waals surface area contributed by atoms with Gasteiger partial charge in [0, 0.05) is 24.7 Å². The minimum atomic E-state index is -0.438. The second kappa shape index (κ2) is 7.11. The summed E-state index contributed by atoms with van der Waals surface area (Å²) in [4.78, 5) is 29.9. The smallest absolute Gasteiger partial charge is 0.311 e. The van der Waals surface area contributed by atoms with Gasteiger partial charge >= 0.3 is 5.97 Å². The molecule has 0 spiro atoms. The number of para-hydroxylation sites is 2. The molecule has 0 radical (unpaired) electrons. The fourth-order valence-electron chi connectivity index (χ4n) is 3.15. The minimum absolute atomic E-state index is 0.110. The van der Waals surface area contributed by atoms with Gasteiger partial charge in [-0.25, -0.2) is 4.98 Å². The van der Waals surface area contributed by atoms with Gasteiger partial charge in [-0.2, -0.15) is 0 Å². The van der Waals surface area contributed by atoms with Crippen LogP contribution in [-0.2, 0) is 20.9 Å². The third kappa shape index (κ3) is 3.48. The Morgan fingerprint density at radius 3 is 2.93 bits per heavy atom. The molecule has 1 aliphatic rings. The number of carbonyl (C=O) groups is 2. The van der Waals surface area contributed by atoms with Crippen LogP contribution in [0, 0.1) is 5.92 Å². The third-order valence-electron chi connectivity index (χ3n) is 4.49. The van der Waals surface area contributed by atoms with Crippen LogP contribution in [0.15, 0.2) is 52.9 Å². The summed E-state index contributed by atoms with van der Waals surface area (Å²) >= 11 is 0. The van der Waals surface area contributed by atoms with E-state index in [1.54, 1.807) is 23.1 Å². The van der Waals surface area contributed by atoms with Crippen molar-refractivity contribution in [1.82, 2.24) is 4.98 Å². The van der Waals surface area contributed by atoms with E-state index in [-0.39, 0.29) is 24.9 Å². The number of benzene rings is 2. The number of methoxy groups -OCH3 is 1. The van der Waals surface area contributed by atoms with Gasteiger partial charge in [0.05, 0.1) is 13.0 Å². The van der Waals surface area contributed by atoms with E-state index in [0.717, 1.165) is 5.52 Å². The highest BCUT2D eigenvalue weighted by molar-refractivity contribution is 5.99. The lowest BCUT2D eigenvalue weighted by Gasteiger charge is -2.17. The first-order chi connectivity index (χ1) is 13.1. The van der Waals surface area contributed by atoms with Crippen LogP contribution in [-0.4, -0.2) is 30.5 Å². The van der Waals surface area contributed by atoms with E-state index in [2.05, 4.69) is 4.98 Å². The van der Waals surface area contributed by atoms with Crippen LogP contribution in [0.2, 0.25) is 0 Å². The van der Waals surface area contributed by atoms with E-state index in [9.17, 15) is 9.59 Å². The molecule has 1 fully saturated rings. The molecule has 7 nitrogen and oxygen atoms in total. The maximum absolute atomic E-state index is 12.2. The Hall–Kier alpha value is -3.35. The normalized spacial score (nSPS) is 16.7. The predicted octanol–water partition coefficient (Wildman–Crippen LogP) is 2.93. The van der Waals surface area contributed by atoms with E-state index in [4.69, 9.17) is 13.9 Å². The summed E-state index contributed by atoms with van der Waals surface area (Å²) in [7, 11) is 1.33. The van der Waals surface area contributed by atoms with Gasteiger partial charge in [-0.15, -0.1) is 0 Å². The largest absolute Gasteiger partial charge is 0.484 e. The minimum Gasteiger partial charge on any atom is -0.484 e. The second-order valence-corrected chi connectivity index (χ2v) is 6.29. The Labute approximate surface area is 155 Å². The van der Waals surface area contributed by atoms with Gasteiger partial charge in [0.1, 0.15) is 11.3 Å². The lowest BCUT2D eigenvalue weighted by molar-refractivity contribution is -0.145. The molecule has 0 aliphatic carbocycles. The summed E-state index contributed by atoms with van der Waals surface area (Å²) in [5.74, 6) is 0.149. The summed E-state index contributed by atoms with van der Waals surface area (Å²) in [6, 6.07) is 14.7. The van der Waals surface area contributed by atoms with Crippen molar-refractivity contribution < 1.29 is 23.5 Å². The van der Waals surface area contributed by atoms with Crippen molar-refractivity contribution in [2.45, 2.75) is 13.0 Å². The fourth-order valence-corrected chi connectivity index (χ4v) is 3.15. The molecule has 1 amide bonds. The second-order valence-electron chi connectivity index (χ2n) is 6.29. The number of ether oxygens (including phenoxy) is 2. The molecule has 7 heteroatoms. The number of aromatic nitrogens is 1. The van der Waals surface area contributed by atoms with Crippen LogP contribution < -0.4 is 9.64 Å². The number of hydrogen-bond acceptors (Lipinski definition) is 6. The van der Waals surface area contributed by atoms with Crippen molar-refractivity contribution in [2.24, 2.45) is 5.92 Å². The maximum Gasteiger partial charge on any atom is 0.311 e. The van der Waals surface area contributed by atoms with E-state index in [1.165, 1.54) is 7.11 Å². The molecule has 0 saturated carbocycles. The van der Waals surface area contributed by atoms with Crippen LogP contribution in [0.3, 0.4) is 0 Å². The summed E-state index contributed by atoms with van der Waals surface area (Å²) in [5.41, 5.74) is 2.17. The summed E-state index contributed by atoms with van der Waals surface area (Å²) < 4.78 is 16.1. The average Bonchev–Trinajstić information content (AvgIpc) is 3.29. The fraction of sp³-hybridized carbons (Fsp3) is 0.250. The first-order valence-electron chi connectivity index (χ1n) is 8.59. The van der Waals surface area contributed by atoms with Gasteiger partial charge in [-0.3, -0.25) is 9.59 Å². The SMILES string of the molecule is COC(=O)C1CC(=O)N(c2cccc(OCc3nc4ccccc4o3)c2)C1. The van der Waals surface area contributed by atoms with Crippen molar-refractivity contribution >= 4 is 28.7 Å². The number of hydrogen-bond donors (Lipinski definition) is 0. The maximum atomic E-state index is 12.2. The highest BCUT2D eigenvalue weighted by Crippen LogP contribution is 2.29. The van der Waals surface area contributed by atoms with Crippen LogP contribution in [0.5, 0.6) is 5.75 Å². The first kappa shape index (κ1) is 17.1. The zero-order valence-electron chi connectivity index (χ0n) is 14.8.